The Hall–Kier alpha value is -1.06. The number of nitrogens with one attached hydrogen (secondary N) is 1. The fraction of sp³-hybridized carbons (Fsp3) is 0.400. The standard InChI is InChI=1S/C15H20N2S/c1-11-8-13(9-16-12(2)10-18-3)14-6-4-5-7-15(14)17-11/h4-8,12,16H,9-10H2,1-3H3. The molecule has 96 valence electrons. The maximum Gasteiger partial charge on any atom is 0.0708 e. The highest BCUT2D eigenvalue weighted by Crippen LogP contribution is 2.18. The van der Waals surface area contributed by atoms with Gasteiger partial charge >= 0.3 is 0 Å². The highest BCUT2D eigenvalue weighted by Gasteiger charge is 2.05. The number of hydrogen-bond acceptors (Lipinski definition) is 3. The molecule has 3 heteroatoms. The van der Waals surface area contributed by atoms with Crippen LogP contribution in [0.3, 0.4) is 0 Å². The maximum absolute atomic E-state index is 4.57. The van der Waals surface area contributed by atoms with E-state index in [9.17, 15) is 0 Å². The Labute approximate surface area is 113 Å². The molecule has 0 amide bonds. The Morgan fingerprint density at radius 1 is 1.33 bits per heavy atom. The summed E-state index contributed by atoms with van der Waals surface area (Å²) >= 11 is 1.88. The summed E-state index contributed by atoms with van der Waals surface area (Å²) in [5.41, 5.74) is 3.51. The first-order valence-electron chi connectivity index (χ1n) is 6.28. The molecule has 1 atom stereocenters. The van der Waals surface area contributed by atoms with E-state index in [0.717, 1.165) is 23.5 Å². The third kappa shape index (κ3) is 3.24. The first-order valence-corrected chi connectivity index (χ1v) is 7.67. The molecule has 1 aromatic carbocycles. The summed E-state index contributed by atoms with van der Waals surface area (Å²) < 4.78 is 0. The van der Waals surface area contributed by atoms with Crippen molar-refractivity contribution in [3.63, 3.8) is 0 Å². The van der Waals surface area contributed by atoms with Crippen molar-refractivity contribution >= 4 is 22.7 Å². The van der Waals surface area contributed by atoms with Gasteiger partial charge in [-0.2, -0.15) is 11.8 Å². The summed E-state index contributed by atoms with van der Waals surface area (Å²) in [6.07, 6.45) is 2.14. The van der Waals surface area contributed by atoms with Crippen LogP contribution in [0.25, 0.3) is 10.9 Å². The zero-order valence-electron chi connectivity index (χ0n) is 11.2. The second-order valence-corrected chi connectivity index (χ2v) is 5.59. The lowest BCUT2D eigenvalue weighted by atomic mass is 10.1. The largest absolute Gasteiger partial charge is 0.309 e. The van der Waals surface area contributed by atoms with Crippen LogP contribution in [-0.4, -0.2) is 23.0 Å². The lowest BCUT2D eigenvalue weighted by molar-refractivity contribution is 0.597. The lowest BCUT2D eigenvalue weighted by Crippen LogP contribution is -2.27. The third-order valence-electron chi connectivity index (χ3n) is 2.99. The molecule has 0 spiro atoms. The predicted octanol–water partition coefficient (Wildman–Crippen LogP) is 3.38. The van der Waals surface area contributed by atoms with E-state index in [0.29, 0.717) is 6.04 Å². The van der Waals surface area contributed by atoms with Crippen LogP contribution in [0.15, 0.2) is 30.3 Å². The summed E-state index contributed by atoms with van der Waals surface area (Å²) in [5.74, 6) is 1.14. The van der Waals surface area contributed by atoms with Crippen LogP contribution in [0.5, 0.6) is 0 Å². The molecule has 0 aliphatic heterocycles. The van der Waals surface area contributed by atoms with E-state index >= 15 is 0 Å². The van der Waals surface area contributed by atoms with E-state index in [1.165, 1.54) is 10.9 Å². The predicted molar refractivity (Wildman–Crippen MR) is 81.2 cm³/mol. The summed E-state index contributed by atoms with van der Waals surface area (Å²) in [4.78, 5) is 4.57. The molecule has 1 unspecified atom stereocenters. The van der Waals surface area contributed by atoms with Gasteiger partial charge in [-0.1, -0.05) is 18.2 Å². The van der Waals surface area contributed by atoms with Crippen molar-refractivity contribution in [2.24, 2.45) is 0 Å². The van der Waals surface area contributed by atoms with Crippen LogP contribution in [-0.2, 0) is 6.54 Å². The van der Waals surface area contributed by atoms with Crippen LogP contribution in [0.2, 0.25) is 0 Å². The Bertz CT molecular complexity index is 525. The van der Waals surface area contributed by atoms with Crippen molar-refractivity contribution in [3.8, 4) is 0 Å². The molecule has 0 aliphatic carbocycles. The quantitative estimate of drug-likeness (QED) is 0.892. The van der Waals surface area contributed by atoms with Crippen LogP contribution in [0.1, 0.15) is 18.2 Å². The number of pyridine rings is 1. The zero-order valence-corrected chi connectivity index (χ0v) is 12.1. The molecule has 0 aliphatic rings. The van der Waals surface area contributed by atoms with Crippen molar-refractivity contribution in [1.82, 2.24) is 10.3 Å². The molecule has 2 rings (SSSR count). The number of aryl methyl sites for hydroxylation is 1. The van der Waals surface area contributed by atoms with Gasteiger partial charge in [0.2, 0.25) is 0 Å². The van der Waals surface area contributed by atoms with Gasteiger partial charge in [-0.25, -0.2) is 0 Å². The molecule has 18 heavy (non-hydrogen) atoms. The highest BCUT2D eigenvalue weighted by molar-refractivity contribution is 7.98. The van der Waals surface area contributed by atoms with Crippen LogP contribution >= 0.6 is 11.8 Å². The Morgan fingerprint density at radius 2 is 2.11 bits per heavy atom. The highest BCUT2D eigenvalue weighted by atomic mass is 32.2. The van der Waals surface area contributed by atoms with E-state index in [-0.39, 0.29) is 0 Å². The molecule has 0 saturated carbocycles. The normalized spacial score (nSPS) is 12.8. The third-order valence-corrected chi connectivity index (χ3v) is 3.82. The van der Waals surface area contributed by atoms with Crippen molar-refractivity contribution in [2.45, 2.75) is 26.4 Å². The second kappa shape index (κ2) is 6.21. The number of hydrogen-bond donors (Lipinski definition) is 1. The molecule has 0 bridgehead atoms. The zero-order chi connectivity index (χ0) is 13.0. The molecule has 1 N–H and O–H groups in total. The van der Waals surface area contributed by atoms with Crippen LogP contribution in [0.4, 0.5) is 0 Å². The van der Waals surface area contributed by atoms with E-state index in [4.69, 9.17) is 0 Å². The summed E-state index contributed by atoms with van der Waals surface area (Å²) in [6.45, 7) is 5.19. The molecule has 0 radical (unpaired) electrons. The van der Waals surface area contributed by atoms with Gasteiger partial charge in [0.15, 0.2) is 0 Å². The summed E-state index contributed by atoms with van der Waals surface area (Å²) in [6, 6.07) is 11.1. The molecule has 2 aromatic rings. The lowest BCUT2D eigenvalue weighted by Gasteiger charge is -2.14. The van der Waals surface area contributed by atoms with Gasteiger partial charge in [0.25, 0.3) is 0 Å². The van der Waals surface area contributed by atoms with Crippen LogP contribution in [0, 0.1) is 6.92 Å². The van der Waals surface area contributed by atoms with Gasteiger partial charge in [0.1, 0.15) is 0 Å². The Kier molecular flexibility index (Phi) is 4.61. The van der Waals surface area contributed by atoms with Gasteiger partial charge in [-0.3, -0.25) is 4.98 Å². The summed E-state index contributed by atoms with van der Waals surface area (Å²) in [5, 5.41) is 4.83. The smallest absolute Gasteiger partial charge is 0.0708 e. The van der Waals surface area contributed by atoms with Crippen molar-refractivity contribution in [1.29, 1.82) is 0 Å². The van der Waals surface area contributed by atoms with Crippen LogP contribution < -0.4 is 5.32 Å². The monoisotopic (exact) mass is 260 g/mol. The van der Waals surface area contributed by atoms with E-state index < -0.39 is 0 Å². The van der Waals surface area contributed by atoms with Crippen molar-refractivity contribution in [2.75, 3.05) is 12.0 Å². The van der Waals surface area contributed by atoms with Gasteiger partial charge in [-0.15, -0.1) is 0 Å². The minimum Gasteiger partial charge on any atom is -0.309 e. The maximum atomic E-state index is 4.57. The average Bonchev–Trinajstić information content (AvgIpc) is 2.36. The van der Waals surface area contributed by atoms with Gasteiger partial charge < -0.3 is 5.32 Å². The SMILES string of the molecule is CSCC(C)NCc1cc(C)nc2ccccc12. The molecular formula is C15H20N2S. The fourth-order valence-corrected chi connectivity index (χ4v) is 2.75. The average molecular weight is 260 g/mol. The van der Waals surface area contributed by atoms with Gasteiger partial charge in [0.05, 0.1) is 5.52 Å². The first kappa shape index (κ1) is 13.4. The molecule has 2 nitrogen and oxygen atoms in total. The van der Waals surface area contributed by atoms with E-state index in [1.807, 2.05) is 17.8 Å². The number of fused-ring (bicyclic) bond motifs is 1. The molecular weight excluding hydrogens is 240 g/mol. The molecule has 0 saturated heterocycles. The van der Waals surface area contributed by atoms with Gasteiger partial charge in [0, 0.05) is 29.4 Å². The Balaban J connectivity index is 2.21. The minimum atomic E-state index is 0.534. The van der Waals surface area contributed by atoms with E-state index in [1.54, 1.807) is 0 Å². The molecule has 0 fully saturated rings. The first-order chi connectivity index (χ1) is 8.70. The molecule has 1 heterocycles. The Morgan fingerprint density at radius 3 is 2.89 bits per heavy atom. The number of benzene rings is 1. The number of para-hydroxylation sites is 1. The van der Waals surface area contributed by atoms with Crippen molar-refractivity contribution < 1.29 is 0 Å². The van der Waals surface area contributed by atoms with Gasteiger partial charge in [-0.05, 0) is 37.8 Å². The van der Waals surface area contributed by atoms with E-state index in [2.05, 4.69) is 54.7 Å². The second-order valence-electron chi connectivity index (χ2n) is 4.68. The number of thioether (sulfide) groups is 1. The number of aromatic nitrogens is 1. The number of rotatable bonds is 5. The topological polar surface area (TPSA) is 24.9 Å². The minimum absolute atomic E-state index is 0.534. The number of nitrogens with zero attached hydrogens (tertiary/aromatic N) is 1. The summed E-state index contributed by atoms with van der Waals surface area (Å²) in [7, 11) is 0. The fourth-order valence-electron chi connectivity index (χ4n) is 2.13. The van der Waals surface area contributed by atoms with Crippen molar-refractivity contribution in [3.05, 3.63) is 41.6 Å². The molecule has 1 aromatic heterocycles.